The molecule has 3 aromatic rings. The van der Waals surface area contributed by atoms with Gasteiger partial charge in [0.1, 0.15) is 0 Å². The summed E-state index contributed by atoms with van der Waals surface area (Å²) in [4.78, 5) is 15.8. The highest BCUT2D eigenvalue weighted by atomic mass is 16.1. The molecule has 126 valence electrons. The summed E-state index contributed by atoms with van der Waals surface area (Å²) in [6, 6.07) is 7.58. The average molecular weight is 324 g/mol. The average Bonchev–Trinajstić information content (AvgIpc) is 3.12. The largest absolute Gasteiger partial charge is 0.361 e. The first kappa shape index (κ1) is 16.3. The van der Waals surface area contributed by atoms with Crippen LogP contribution in [0.15, 0.2) is 36.7 Å². The number of carbonyl (C=O) groups excluding carboxylic acids is 1. The molecular weight excluding hydrogens is 300 g/mol. The predicted molar refractivity (Wildman–Crippen MR) is 96.1 cm³/mol. The van der Waals surface area contributed by atoms with Gasteiger partial charge in [-0.05, 0) is 46.8 Å². The van der Waals surface area contributed by atoms with Crippen LogP contribution in [0, 0.1) is 6.92 Å². The van der Waals surface area contributed by atoms with E-state index in [0.29, 0.717) is 5.56 Å². The molecule has 3 rings (SSSR count). The molecule has 0 fully saturated rings. The van der Waals surface area contributed by atoms with Gasteiger partial charge in [0.2, 0.25) is 0 Å². The Hall–Kier alpha value is -2.56. The summed E-state index contributed by atoms with van der Waals surface area (Å²) in [6.07, 6.45) is 3.87. The van der Waals surface area contributed by atoms with Gasteiger partial charge in [-0.25, -0.2) is 0 Å². The summed E-state index contributed by atoms with van der Waals surface area (Å²) >= 11 is 0. The van der Waals surface area contributed by atoms with E-state index >= 15 is 0 Å². The number of benzene rings is 1. The van der Waals surface area contributed by atoms with Crippen LogP contribution in [0.25, 0.3) is 10.9 Å². The molecular formula is C19H24N4O. The molecule has 5 heteroatoms. The number of fused-ring (bicyclic) bond motifs is 1. The van der Waals surface area contributed by atoms with Crippen LogP contribution in [0.5, 0.6) is 0 Å². The van der Waals surface area contributed by atoms with E-state index in [1.807, 2.05) is 55.2 Å². The topological polar surface area (TPSA) is 62.7 Å². The zero-order chi connectivity index (χ0) is 17.5. The molecule has 0 spiro atoms. The number of carbonyl (C=O) groups is 1. The smallest absolute Gasteiger partial charge is 0.253 e. The third kappa shape index (κ3) is 2.94. The molecule has 2 aromatic heterocycles. The summed E-state index contributed by atoms with van der Waals surface area (Å²) in [7, 11) is 0. The Morgan fingerprint density at radius 1 is 1.29 bits per heavy atom. The molecule has 1 atom stereocenters. The minimum absolute atomic E-state index is 0.0808. The zero-order valence-electron chi connectivity index (χ0n) is 14.8. The molecule has 0 unspecified atom stereocenters. The summed E-state index contributed by atoms with van der Waals surface area (Å²) in [6.45, 7) is 10.3. The van der Waals surface area contributed by atoms with Crippen molar-refractivity contribution in [3.63, 3.8) is 0 Å². The van der Waals surface area contributed by atoms with Crippen molar-refractivity contribution in [1.29, 1.82) is 0 Å². The Balaban J connectivity index is 1.85. The Bertz CT molecular complexity index is 882. The molecule has 2 heterocycles. The fourth-order valence-electron chi connectivity index (χ4n) is 2.87. The summed E-state index contributed by atoms with van der Waals surface area (Å²) in [5.41, 5.74) is 3.42. The van der Waals surface area contributed by atoms with Crippen LogP contribution in [-0.2, 0) is 5.54 Å². The summed E-state index contributed by atoms with van der Waals surface area (Å²) in [5, 5.41) is 8.71. The third-order valence-electron chi connectivity index (χ3n) is 4.27. The molecule has 1 aromatic carbocycles. The molecule has 0 bridgehead atoms. The number of nitrogens with one attached hydrogen (secondary N) is 2. The van der Waals surface area contributed by atoms with E-state index in [9.17, 15) is 4.79 Å². The molecule has 1 amide bonds. The Kier molecular flexibility index (Phi) is 3.95. The highest BCUT2D eigenvalue weighted by Crippen LogP contribution is 2.22. The number of hydrogen-bond donors (Lipinski definition) is 2. The molecule has 24 heavy (non-hydrogen) atoms. The van der Waals surface area contributed by atoms with Gasteiger partial charge in [0.05, 0.1) is 28.4 Å². The maximum absolute atomic E-state index is 12.7. The minimum Gasteiger partial charge on any atom is -0.361 e. The van der Waals surface area contributed by atoms with Crippen LogP contribution >= 0.6 is 0 Å². The van der Waals surface area contributed by atoms with Gasteiger partial charge in [-0.2, -0.15) is 5.10 Å². The minimum atomic E-state index is -0.112. The van der Waals surface area contributed by atoms with E-state index < -0.39 is 0 Å². The monoisotopic (exact) mass is 324 g/mol. The molecule has 0 radical (unpaired) electrons. The summed E-state index contributed by atoms with van der Waals surface area (Å²) in [5.74, 6) is -0.0848. The number of amides is 1. The van der Waals surface area contributed by atoms with E-state index in [2.05, 4.69) is 36.2 Å². The van der Waals surface area contributed by atoms with E-state index in [1.54, 1.807) is 0 Å². The van der Waals surface area contributed by atoms with Crippen molar-refractivity contribution in [2.45, 2.75) is 46.2 Å². The zero-order valence-corrected chi connectivity index (χ0v) is 14.8. The van der Waals surface area contributed by atoms with Crippen LogP contribution in [0.2, 0.25) is 0 Å². The third-order valence-corrected chi connectivity index (χ3v) is 4.27. The molecule has 0 saturated carbocycles. The van der Waals surface area contributed by atoms with Crippen molar-refractivity contribution in [1.82, 2.24) is 20.1 Å². The second-order valence-electron chi connectivity index (χ2n) is 7.23. The second kappa shape index (κ2) is 5.82. The maximum Gasteiger partial charge on any atom is 0.253 e. The van der Waals surface area contributed by atoms with Gasteiger partial charge in [0.25, 0.3) is 5.91 Å². The van der Waals surface area contributed by atoms with Crippen LogP contribution in [-0.4, -0.2) is 20.7 Å². The Morgan fingerprint density at radius 2 is 2.04 bits per heavy atom. The van der Waals surface area contributed by atoms with Gasteiger partial charge in [-0.3, -0.25) is 9.48 Å². The van der Waals surface area contributed by atoms with Crippen LogP contribution < -0.4 is 5.32 Å². The van der Waals surface area contributed by atoms with Gasteiger partial charge in [-0.15, -0.1) is 0 Å². The number of hydrogen-bond acceptors (Lipinski definition) is 2. The van der Waals surface area contributed by atoms with Gasteiger partial charge in [-0.1, -0.05) is 12.1 Å². The van der Waals surface area contributed by atoms with Gasteiger partial charge >= 0.3 is 0 Å². The lowest BCUT2D eigenvalue weighted by Crippen LogP contribution is -2.27. The number of para-hydroxylation sites is 1. The fourth-order valence-corrected chi connectivity index (χ4v) is 2.87. The van der Waals surface area contributed by atoms with Crippen molar-refractivity contribution < 1.29 is 4.79 Å². The van der Waals surface area contributed by atoms with Gasteiger partial charge in [0.15, 0.2) is 0 Å². The molecule has 0 aliphatic rings. The van der Waals surface area contributed by atoms with E-state index in [-0.39, 0.29) is 17.5 Å². The van der Waals surface area contributed by atoms with Crippen LogP contribution in [0.1, 0.15) is 55.4 Å². The number of H-pyrrole nitrogens is 1. The number of aromatic nitrogens is 3. The maximum atomic E-state index is 12.7. The lowest BCUT2D eigenvalue weighted by Gasteiger charge is -2.19. The van der Waals surface area contributed by atoms with Gasteiger partial charge in [0, 0.05) is 23.3 Å². The van der Waals surface area contributed by atoms with E-state index in [4.69, 9.17) is 0 Å². The standard InChI is InChI=1S/C19H24N4O/c1-12(16-11-23(19(3,4)5)22-13(16)2)21-18(24)15-8-6-7-14-9-10-20-17(14)15/h6-12,20H,1-5H3,(H,21,24)/t12-/m0/s1. The number of aromatic amines is 1. The first-order valence-corrected chi connectivity index (χ1v) is 8.21. The molecule has 2 N–H and O–H groups in total. The Labute approximate surface area is 142 Å². The number of rotatable bonds is 3. The lowest BCUT2D eigenvalue weighted by atomic mass is 10.1. The molecule has 0 aliphatic heterocycles. The van der Waals surface area contributed by atoms with E-state index in [1.165, 1.54) is 0 Å². The SMILES string of the molecule is Cc1nn(C(C)(C)C)cc1[C@H](C)NC(=O)c1cccc2cc[nH]c12. The number of aryl methyl sites for hydroxylation is 1. The fraction of sp³-hybridized carbons (Fsp3) is 0.368. The first-order chi connectivity index (χ1) is 11.3. The van der Waals surface area contributed by atoms with E-state index in [0.717, 1.165) is 22.2 Å². The van der Waals surface area contributed by atoms with Crippen molar-refractivity contribution in [2.24, 2.45) is 0 Å². The molecule has 5 nitrogen and oxygen atoms in total. The van der Waals surface area contributed by atoms with Crippen molar-refractivity contribution in [2.75, 3.05) is 0 Å². The highest BCUT2D eigenvalue weighted by molar-refractivity contribution is 6.05. The predicted octanol–water partition coefficient (Wildman–Crippen LogP) is 3.92. The van der Waals surface area contributed by atoms with Crippen LogP contribution in [0.4, 0.5) is 0 Å². The summed E-state index contributed by atoms with van der Waals surface area (Å²) < 4.78 is 1.95. The number of nitrogens with zero attached hydrogens (tertiary/aromatic N) is 2. The first-order valence-electron chi connectivity index (χ1n) is 8.21. The molecule has 0 saturated heterocycles. The molecule has 0 aliphatic carbocycles. The normalized spacial score (nSPS) is 13.2. The highest BCUT2D eigenvalue weighted by Gasteiger charge is 2.21. The van der Waals surface area contributed by atoms with Gasteiger partial charge < -0.3 is 10.3 Å². The van der Waals surface area contributed by atoms with Crippen LogP contribution in [0.3, 0.4) is 0 Å². The second-order valence-corrected chi connectivity index (χ2v) is 7.23. The van der Waals surface area contributed by atoms with Crippen molar-refractivity contribution in [3.05, 3.63) is 53.5 Å². The lowest BCUT2D eigenvalue weighted by molar-refractivity contribution is 0.0941. The van der Waals surface area contributed by atoms with Crippen molar-refractivity contribution in [3.8, 4) is 0 Å². The van der Waals surface area contributed by atoms with Crippen molar-refractivity contribution >= 4 is 16.8 Å². The Morgan fingerprint density at radius 3 is 2.71 bits per heavy atom. The quantitative estimate of drug-likeness (QED) is 0.767.